The summed E-state index contributed by atoms with van der Waals surface area (Å²) >= 11 is 5.98. The summed E-state index contributed by atoms with van der Waals surface area (Å²) in [5.41, 5.74) is 0.739. The lowest BCUT2D eigenvalue weighted by Crippen LogP contribution is -2.46. The fraction of sp³-hybridized carbons (Fsp3) is 0.400. The number of carbonyl (C=O) groups is 1. The first-order chi connectivity index (χ1) is 15.0. The summed E-state index contributed by atoms with van der Waals surface area (Å²) in [6, 6.07) is 17.0. The predicted molar refractivity (Wildman–Crippen MR) is 121 cm³/mol. The van der Waals surface area contributed by atoms with Crippen LogP contribution in [0.1, 0.15) is 36.8 Å². The summed E-state index contributed by atoms with van der Waals surface area (Å²) in [4.78, 5) is 12.2. The number of aliphatic hydroxyl groups is 1. The smallest absolute Gasteiger partial charge is 0.246 e. The van der Waals surface area contributed by atoms with Gasteiger partial charge in [-0.1, -0.05) is 59.8 Å². The molecule has 0 radical (unpaired) electrons. The lowest BCUT2D eigenvalue weighted by molar-refractivity contribution is -0.127. The topological polar surface area (TPSA) is 67.8 Å². The molecule has 164 valence electrons. The van der Waals surface area contributed by atoms with Crippen LogP contribution >= 0.6 is 11.6 Å². The molecular formula is C25H28ClNO4. The number of hydrogen-bond donors (Lipinski definition) is 2. The van der Waals surface area contributed by atoms with Gasteiger partial charge in [0.25, 0.3) is 0 Å². The van der Waals surface area contributed by atoms with E-state index >= 15 is 0 Å². The molecular weight excluding hydrogens is 414 g/mol. The molecule has 0 bridgehead atoms. The standard InChI is InChI=1S/C25H28ClNO4/c26-22-9-4-8-20(16-22)11-13-25(29)12-5-10-23(17-25)27-24(28)19-31-15-14-30-18-21-6-2-1-3-7-21/h1-4,6-9,16,23,29H,5,10,12,14-15,17-19H2,(H,27,28)/t23-,25?/m0/s1. The predicted octanol–water partition coefficient (Wildman–Crippen LogP) is 3.71. The van der Waals surface area contributed by atoms with Gasteiger partial charge in [-0.15, -0.1) is 0 Å². The Bertz CT molecular complexity index is 908. The molecule has 0 spiro atoms. The minimum Gasteiger partial charge on any atom is -0.378 e. The van der Waals surface area contributed by atoms with Crippen LogP contribution in [0.15, 0.2) is 54.6 Å². The van der Waals surface area contributed by atoms with Crippen LogP contribution in [0.5, 0.6) is 0 Å². The van der Waals surface area contributed by atoms with E-state index in [2.05, 4.69) is 17.2 Å². The maximum Gasteiger partial charge on any atom is 0.246 e. The van der Waals surface area contributed by atoms with Gasteiger partial charge in [-0.25, -0.2) is 0 Å². The van der Waals surface area contributed by atoms with Crippen LogP contribution in [-0.2, 0) is 20.9 Å². The maximum absolute atomic E-state index is 12.2. The first-order valence-electron chi connectivity index (χ1n) is 10.5. The Kier molecular flexibility index (Phi) is 8.93. The third-order valence-electron chi connectivity index (χ3n) is 5.07. The Morgan fingerprint density at radius 3 is 2.77 bits per heavy atom. The molecule has 0 heterocycles. The van der Waals surface area contributed by atoms with Gasteiger partial charge in [0.1, 0.15) is 12.2 Å². The van der Waals surface area contributed by atoms with E-state index in [1.54, 1.807) is 12.1 Å². The van der Waals surface area contributed by atoms with Crippen molar-refractivity contribution in [2.45, 2.75) is 43.9 Å². The Morgan fingerprint density at radius 2 is 1.97 bits per heavy atom. The molecule has 1 unspecified atom stereocenters. The van der Waals surface area contributed by atoms with Gasteiger partial charge in [-0.3, -0.25) is 4.79 Å². The van der Waals surface area contributed by atoms with E-state index < -0.39 is 5.60 Å². The van der Waals surface area contributed by atoms with Gasteiger partial charge in [0.2, 0.25) is 5.91 Å². The highest BCUT2D eigenvalue weighted by Crippen LogP contribution is 2.28. The summed E-state index contributed by atoms with van der Waals surface area (Å²) in [5.74, 6) is 5.78. The zero-order chi connectivity index (χ0) is 21.9. The normalized spacial score (nSPS) is 20.5. The third-order valence-corrected chi connectivity index (χ3v) is 5.31. The molecule has 1 saturated carbocycles. The lowest BCUT2D eigenvalue weighted by Gasteiger charge is -2.33. The minimum absolute atomic E-state index is 0.0299. The monoisotopic (exact) mass is 441 g/mol. The molecule has 5 nitrogen and oxygen atoms in total. The maximum atomic E-state index is 12.2. The van der Waals surface area contributed by atoms with Crippen molar-refractivity contribution >= 4 is 17.5 Å². The van der Waals surface area contributed by atoms with Crippen LogP contribution in [0.2, 0.25) is 5.02 Å². The highest BCUT2D eigenvalue weighted by molar-refractivity contribution is 6.30. The van der Waals surface area contributed by atoms with Crippen LogP contribution in [0, 0.1) is 11.8 Å². The van der Waals surface area contributed by atoms with E-state index in [0.717, 1.165) is 24.0 Å². The number of rotatable bonds is 8. The summed E-state index contributed by atoms with van der Waals surface area (Å²) < 4.78 is 10.9. The molecule has 2 aromatic rings. The Balaban J connectivity index is 1.36. The third kappa shape index (κ3) is 8.35. The molecule has 3 rings (SSSR count). The van der Waals surface area contributed by atoms with Gasteiger partial charge in [-0.2, -0.15) is 0 Å². The minimum atomic E-state index is -1.12. The second-order valence-corrected chi connectivity index (χ2v) is 8.18. The SMILES string of the molecule is O=C(COCCOCc1ccccc1)N[C@H]1CCCC(O)(C#Cc2cccc(Cl)c2)C1. The van der Waals surface area contributed by atoms with Crippen LogP contribution in [0.4, 0.5) is 0 Å². The van der Waals surface area contributed by atoms with Crippen molar-refractivity contribution in [3.05, 3.63) is 70.7 Å². The number of halogens is 1. The molecule has 2 N–H and O–H groups in total. The van der Waals surface area contributed by atoms with Crippen LogP contribution in [0.3, 0.4) is 0 Å². The summed E-state index contributed by atoms with van der Waals surface area (Å²) in [6.07, 6.45) is 2.58. The second-order valence-electron chi connectivity index (χ2n) is 7.74. The molecule has 1 amide bonds. The Morgan fingerprint density at radius 1 is 1.16 bits per heavy atom. The van der Waals surface area contributed by atoms with Crippen LogP contribution in [-0.4, -0.2) is 42.5 Å². The van der Waals surface area contributed by atoms with Gasteiger partial charge in [0.05, 0.1) is 19.8 Å². The molecule has 2 aromatic carbocycles. The molecule has 2 atom stereocenters. The van der Waals surface area contributed by atoms with Crippen molar-refractivity contribution < 1.29 is 19.4 Å². The number of hydrogen-bond acceptors (Lipinski definition) is 4. The number of nitrogens with one attached hydrogen (secondary N) is 1. The molecule has 0 saturated heterocycles. The van der Waals surface area contributed by atoms with Crippen molar-refractivity contribution in [2.75, 3.05) is 19.8 Å². The Hall–Kier alpha value is -2.36. The first kappa shape index (κ1) is 23.3. The summed E-state index contributed by atoms with van der Waals surface area (Å²) in [7, 11) is 0. The molecule has 1 aliphatic rings. The van der Waals surface area contributed by atoms with Crippen LogP contribution < -0.4 is 5.32 Å². The second kappa shape index (κ2) is 11.9. The van der Waals surface area contributed by atoms with Crippen molar-refractivity contribution in [1.82, 2.24) is 5.32 Å². The van der Waals surface area contributed by atoms with Crippen molar-refractivity contribution in [1.29, 1.82) is 0 Å². The van der Waals surface area contributed by atoms with Crippen molar-refractivity contribution in [2.24, 2.45) is 0 Å². The molecule has 0 aromatic heterocycles. The largest absolute Gasteiger partial charge is 0.378 e. The highest BCUT2D eigenvalue weighted by Gasteiger charge is 2.33. The Labute approximate surface area is 188 Å². The summed E-state index contributed by atoms with van der Waals surface area (Å²) in [6.45, 7) is 1.26. The average Bonchev–Trinajstić information content (AvgIpc) is 2.76. The van der Waals surface area contributed by atoms with Crippen LogP contribution in [0.25, 0.3) is 0 Å². The quantitative estimate of drug-likeness (QED) is 0.484. The molecule has 6 heteroatoms. The zero-order valence-corrected chi connectivity index (χ0v) is 18.2. The number of benzene rings is 2. The number of amides is 1. The molecule has 0 aliphatic heterocycles. The first-order valence-corrected chi connectivity index (χ1v) is 10.9. The van der Waals surface area contributed by atoms with E-state index in [4.69, 9.17) is 21.1 Å². The average molecular weight is 442 g/mol. The van der Waals surface area contributed by atoms with Gasteiger partial charge in [-0.05, 0) is 43.0 Å². The number of carbonyl (C=O) groups excluding carboxylic acids is 1. The summed E-state index contributed by atoms with van der Waals surface area (Å²) in [5, 5.41) is 14.4. The zero-order valence-electron chi connectivity index (χ0n) is 17.5. The fourth-order valence-electron chi connectivity index (χ4n) is 3.56. The van der Waals surface area contributed by atoms with E-state index in [9.17, 15) is 9.90 Å². The molecule has 1 fully saturated rings. The van der Waals surface area contributed by atoms with E-state index in [0.29, 0.717) is 37.7 Å². The van der Waals surface area contributed by atoms with E-state index in [-0.39, 0.29) is 18.6 Å². The van der Waals surface area contributed by atoms with Crippen molar-refractivity contribution in [3.8, 4) is 11.8 Å². The number of ether oxygens (including phenoxy) is 2. The van der Waals surface area contributed by atoms with Gasteiger partial charge < -0.3 is 19.9 Å². The molecule has 1 aliphatic carbocycles. The van der Waals surface area contributed by atoms with Crippen molar-refractivity contribution in [3.63, 3.8) is 0 Å². The lowest BCUT2D eigenvalue weighted by atomic mass is 9.82. The fourth-order valence-corrected chi connectivity index (χ4v) is 3.75. The van der Waals surface area contributed by atoms with Gasteiger partial charge in [0, 0.05) is 23.0 Å². The molecule has 31 heavy (non-hydrogen) atoms. The van der Waals surface area contributed by atoms with E-state index in [1.807, 2.05) is 42.5 Å². The van der Waals surface area contributed by atoms with Gasteiger partial charge >= 0.3 is 0 Å². The highest BCUT2D eigenvalue weighted by atomic mass is 35.5. The van der Waals surface area contributed by atoms with E-state index in [1.165, 1.54) is 0 Å². The van der Waals surface area contributed by atoms with Gasteiger partial charge in [0.15, 0.2) is 0 Å².